The number of aromatic nitrogens is 1. The molecular weight excluding hydrogens is 254 g/mol. The molecule has 2 heterocycles. The van der Waals surface area contributed by atoms with Crippen molar-refractivity contribution in [1.29, 1.82) is 0 Å². The Hall–Kier alpha value is -1.55. The monoisotopic (exact) mass is 271 g/mol. The van der Waals surface area contributed by atoms with Crippen LogP contribution in [0.3, 0.4) is 0 Å². The summed E-state index contributed by atoms with van der Waals surface area (Å²) in [5, 5.41) is 5.56. The molecule has 0 saturated carbocycles. The zero-order valence-electron chi connectivity index (χ0n) is 11.4. The number of hydrogen-bond donors (Lipinski definition) is 1. The molecular formula is C15H17N3S. The van der Waals surface area contributed by atoms with Gasteiger partial charge in [0.25, 0.3) is 0 Å². The van der Waals surface area contributed by atoms with Gasteiger partial charge in [-0.25, -0.2) is 0 Å². The fourth-order valence-corrected chi connectivity index (χ4v) is 3.16. The number of thioether (sulfide) groups is 1. The quantitative estimate of drug-likeness (QED) is 0.856. The molecule has 1 aromatic heterocycles. The largest absolute Gasteiger partial charge is 0.333 e. The third-order valence-electron chi connectivity index (χ3n) is 3.07. The molecule has 4 heteroatoms. The Balaban J connectivity index is 2.00. The van der Waals surface area contributed by atoms with Gasteiger partial charge in [0.05, 0.1) is 16.7 Å². The molecule has 0 aliphatic carbocycles. The smallest absolute Gasteiger partial charge is 0.161 e. The number of fused-ring (bicyclic) bond motifs is 1. The summed E-state index contributed by atoms with van der Waals surface area (Å²) in [5.74, 6) is 1.02. The minimum absolute atomic E-state index is 0.0287. The summed E-state index contributed by atoms with van der Waals surface area (Å²) in [7, 11) is 0. The Kier molecular flexibility index (Phi) is 2.97. The molecule has 1 aromatic carbocycles. The number of rotatable bonds is 1. The van der Waals surface area contributed by atoms with E-state index in [4.69, 9.17) is 0 Å². The maximum atomic E-state index is 4.69. The molecule has 1 aliphatic rings. The summed E-state index contributed by atoms with van der Waals surface area (Å²) in [6.45, 7) is 6.32. The van der Waals surface area contributed by atoms with E-state index in [1.807, 2.05) is 19.1 Å². The second-order valence-electron chi connectivity index (χ2n) is 5.47. The molecule has 3 rings (SSSR count). The predicted octanol–water partition coefficient (Wildman–Crippen LogP) is 3.84. The first kappa shape index (κ1) is 12.5. The fourth-order valence-electron chi connectivity index (χ4n) is 2.11. The molecule has 0 saturated heterocycles. The molecule has 19 heavy (non-hydrogen) atoms. The van der Waals surface area contributed by atoms with E-state index in [1.165, 1.54) is 0 Å². The SMILES string of the molecule is Cc1ccc2cccc(NC3=NC(C)(C)CS3)c2n1. The van der Waals surface area contributed by atoms with Crippen LogP contribution in [0.2, 0.25) is 0 Å². The van der Waals surface area contributed by atoms with E-state index in [-0.39, 0.29) is 5.54 Å². The zero-order valence-corrected chi connectivity index (χ0v) is 12.2. The van der Waals surface area contributed by atoms with Gasteiger partial charge in [0, 0.05) is 16.8 Å². The lowest BCUT2D eigenvalue weighted by molar-refractivity contribution is 0.605. The van der Waals surface area contributed by atoms with Crippen molar-refractivity contribution in [3.63, 3.8) is 0 Å². The number of para-hydroxylation sites is 1. The first-order valence-electron chi connectivity index (χ1n) is 6.40. The van der Waals surface area contributed by atoms with Crippen molar-refractivity contribution in [2.45, 2.75) is 26.3 Å². The van der Waals surface area contributed by atoms with Crippen molar-refractivity contribution in [3.8, 4) is 0 Å². The van der Waals surface area contributed by atoms with E-state index in [0.29, 0.717) is 0 Å². The molecule has 3 nitrogen and oxygen atoms in total. The summed E-state index contributed by atoms with van der Waals surface area (Å²) in [6, 6.07) is 10.3. The van der Waals surface area contributed by atoms with Crippen molar-refractivity contribution in [1.82, 2.24) is 4.98 Å². The average Bonchev–Trinajstić information content (AvgIpc) is 2.69. The lowest BCUT2D eigenvalue weighted by Crippen LogP contribution is -2.15. The number of nitrogens with zero attached hydrogens (tertiary/aromatic N) is 2. The van der Waals surface area contributed by atoms with Crippen molar-refractivity contribution in [3.05, 3.63) is 36.0 Å². The van der Waals surface area contributed by atoms with E-state index in [9.17, 15) is 0 Å². The summed E-state index contributed by atoms with van der Waals surface area (Å²) < 4.78 is 0. The number of aryl methyl sites for hydroxylation is 1. The molecule has 0 radical (unpaired) electrons. The maximum Gasteiger partial charge on any atom is 0.161 e. The van der Waals surface area contributed by atoms with Gasteiger partial charge in [0.15, 0.2) is 5.17 Å². The minimum Gasteiger partial charge on any atom is -0.333 e. The number of pyridine rings is 1. The van der Waals surface area contributed by atoms with Crippen LogP contribution >= 0.6 is 11.8 Å². The number of hydrogen-bond acceptors (Lipinski definition) is 4. The topological polar surface area (TPSA) is 37.3 Å². The maximum absolute atomic E-state index is 4.69. The van der Waals surface area contributed by atoms with Crippen LogP contribution in [0.15, 0.2) is 35.3 Å². The molecule has 0 atom stereocenters. The van der Waals surface area contributed by atoms with Gasteiger partial charge in [-0.2, -0.15) is 0 Å². The molecule has 0 bridgehead atoms. The van der Waals surface area contributed by atoms with Gasteiger partial charge in [0.2, 0.25) is 0 Å². The lowest BCUT2D eigenvalue weighted by atomic mass is 10.1. The number of nitrogens with one attached hydrogen (secondary N) is 1. The van der Waals surface area contributed by atoms with E-state index in [0.717, 1.165) is 33.2 Å². The van der Waals surface area contributed by atoms with Crippen molar-refractivity contribution in [2.24, 2.45) is 4.99 Å². The second-order valence-corrected chi connectivity index (χ2v) is 6.44. The van der Waals surface area contributed by atoms with Crippen LogP contribution in [-0.4, -0.2) is 21.4 Å². The third kappa shape index (κ3) is 2.59. The summed E-state index contributed by atoms with van der Waals surface area (Å²) in [6.07, 6.45) is 0. The van der Waals surface area contributed by atoms with Crippen LogP contribution in [0.1, 0.15) is 19.5 Å². The first-order valence-corrected chi connectivity index (χ1v) is 7.38. The lowest BCUT2D eigenvalue weighted by Gasteiger charge is -2.10. The Morgan fingerprint density at radius 2 is 2.05 bits per heavy atom. The Morgan fingerprint density at radius 1 is 1.21 bits per heavy atom. The molecule has 2 aromatic rings. The third-order valence-corrected chi connectivity index (χ3v) is 4.38. The highest BCUT2D eigenvalue weighted by Gasteiger charge is 2.25. The van der Waals surface area contributed by atoms with Gasteiger partial charge in [-0.1, -0.05) is 30.0 Å². The van der Waals surface area contributed by atoms with Gasteiger partial charge >= 0.3 is 0 Å². The molecule has 0 unspecified atom stereocenters. The van der Waals surface area contributed by atoms with Crippen LogP contribution in [0.5, 0.6) is 0 Å². The Bertz CT molecular complexity index is 661. The fraction of sp³-hybridized carbons (Fsp3) is 0.333. The van der Waals surface area contributed by atoms with Crippen LogP contribution in [0.25, 0.3) is 10.9 Å². The van der Waals surface area contributed by atoms with Crippen LogP contribution < -0.4 is 5.32 Å². The van der Waals surface area contributed by atoms with Crippen LogP contribution in [0, 0.1) is 6.92 Å². The van der Waals surface area contributed by atoms with Gasteiger partial charge < -0.3 is 5.32 Å². The highest BCUT2D eigenvalue weighted by atomic mass is 32.2. The number of aliphatic imine (C=N–C) groups is 1. The van der Waals surface area contributed by atoms with E-state index >= 15 is 0 Å². The Labute approximate surface area is 117 Å². The molecule has 98 valence electrons. The highest BCUT2D eigenvalue weighted by Crippen LogP contribution is 2.29. The van der Waals surface area contributed by atoms with Crippen molar-refractivity contribution >= 4 is 33.5 Å². The van der Waals surface area contributed by atoms with Gasteiger partial charge in [-0.05, 0) is 32.9 Å². The highest BCUT2D eigenvalue weighted by molar-refractivity contribution is 8.14. The normalized spacial score (nSPS) is 17.5. The predicted molar refractivity (Wildman–Crippen MR) is 84.1 cm³/mol. The Morgan fingerprint density at radius 3 is 2.79 bits per heavy atom. The van der Waals surface area contributed by atoms with Gasteiger partial charge in [-0.15, -0.1) is 0 Å². The molecule has 1 aliphatic heterocycles. The van der Waals surface area contributed by atoms with Crippen LogP contribution in [0.4, 0.5) is 5.69 Å². The van der Waals surface area contributed by atoms with Gasteiger partial charge in [-0.3, -0.25) is 9.98 Å². The summed E-state index contributed by atoms with van der Waals surface area (Å²) in [4.78, 5) is 9.31. The zero-order chi connectivity index (χ0) is 13.5. The van der Waals surface area contributed by atoms with E-state index in [2.05, 4.69) is 47.3 Å². The minimum atomic E-state index is 0.0287. The average molecular weight is 271 g/mol. The van der Waals surface area contributed by atoms with Crippen LogP contribution in [-0.2, 0) is 0 Å². The molecule has 0 spiro atoms. The molecule has 1 N–H and O–H groups in total. The number of anilines is 1. The van der Waals surface area contributed by atoms with E-state index < -0.39 is 0 Å². The van der Waals surface area contributed by atoms with E-state index in [1.54, 1.807) is 11.8 Å². The first-order chi connectivity index (χ1) is 9.03. The number of benzene rings is 1. The summed E-state index contributed by atoms with van der Waals surface area (Å²) in [5.41, 5.74) is 3.10. The molecule has 0 amide bonds. The summed E-state index contributed by atoms with van der Waals surface area (Å²) >= 11 is 1.77. The molecule has 0 fully saturated rings. The standard InChI is InChI=1S/C15H17N3S/c1-10-7-8-11-5-4-6-12(13(11)16-10)17-14-18-15(2,3)9-19-14/h4-8H,9H2,1-3H3,(H,17,18). The van der Waals surface area contributed by atoms with Crippen molar-refractivity contribution in [2.75, 3.05) is 11.1 Å². The number of amidine groups is 1. The van der Waals surface area contributed by atoms with Crippen molar-refractivity contribution < 1.29 is 0 Å². The second kappa shape index (κ2) is 4.53. The van der Waals surface area contributed by atoms with Gasteiger partial charge in [0.1, 0.15) is 0 Å².